The molecule has 0 unspecified atom stereocenters. The van der Waals surface area contributed by atoms with Gasteiger partial charge in [0.1, 0.15) is 10.7 Å². The number of likely N-dealkylation sites (tertiary alicyclic amines) is 1. The number of nitrogens with one attached hydrogen (secondary N) is 2. The van der Waals surface area contributed by atoms with Crippen molar-refractivity contribution in [1.82, 2.24) is 14.8 Å². The molecule has 2 aliphatic rings. The van der Waals surface area contributed by atoms with Gasteiger partial charge >= 0.3 is 0 Å². The molecule has 0 radical (unpaired) electrons. The summed E-state index contributed by atoms with van der Waals surface area (Å²) in [4.78, 5) is 20.4. The summed E-state index contributed by atoms with van der Waals surface area (Å²) >= 11 is 7.49. The molecule has 2 fully saturated rings. The van der Waals surface area contributed by atoms with Crippen molar-refractivity contribution in [3.8, 4) is 0 Å². The van der Waals surface area contributed by atoms with Gasteiger partial charge in [0.2, 0.25) is 5.91 Å². The minimum Gasteiger partial charge on any atom is -0.379 e. The summed E-state index contributed by atoms with van der Waals surface area (Å²) in [5, 5.41) is 5.14. The largest absolute Gasteiger partial charge is 0.379 e. The van der Waals surface area contributed by atoms with E-state index in [1.165, 1.54) is 6.20 Å². The lowest BCUT2D eigenvalue weighted by Gasteiger charge is -2.40. The maximum Gasteiger partial charge on any atom is 0.266 e. The maximum atomic E-state index is 14.9. The number of hydrogen-bond donors (Lipinski definition) is 2. The average molecular weight is 530 g/mol. The lowest BCUT2D eigenvalue weighted by Crippen LogP contribution is -2.53. The summed E-state index contributed by atoms with van der Waals surface area (Å²) in [5.74, 6) is -0.814. The predicted octanol–water partition coefficient (Wildman–Crippen LogP) is 4.01. The lowest BCUT2D eigenvalue weighted by atomic mass is 9.88. The highest BCUT2D eigenvalue weighted by Crippen LogP contribution is 2.33. The first-order chi connectivity index (χ1) is 16.2. The number of likely N-dealkylation sites (N-methyl/N-ethyl adjacent to an activating group) is 2. The van der Waals surface area contributed by atoms with Gasteiger partial charge in [0.05, 0.1) is 22.8 Å². The molecule has 1 aromatic carbocycles. The Morgan fingerprint density at radius 2 is 2.03 bits per heavy atom. The third-order valence-electron chi connectivity index (χ3n) is 6.69. The Kier molecular flexibility index (Phi) is 7.66. The second-order valence-electron chi connectivity index (χ2n) is 8.90. The van der Waals surface area contributed by atoms with E-state index in [0.717, 1.165) is 68.5 Å². The minimum absolute atomic E-state index is 0.0654. The van der Waals surface area contributed by atoms with Crippen LogP contribution in [0.15, 0.2) is 28.6 Å². The van der Waals surface area contributed by atoms with Crippen molar-refractivity contribution in [2.24, 2.45) is 0 Å². The number of nitrogens with zero attached hydrogens (tertiary/aromatic N) is 3. The molecule has 0 bridgehead atoms. The fourth-order valence-electron chi connectivity index (χ4n) is 4.85. The zero-order chi connectivity index (χ0) is 24.5. The molecule has 1 aliphatic heterocycles. The number of halogens is 2. The van der Waals surface area contributed by atoms with E-state index < -0.39 is 20.7 Å². The molecule has 0 spiro atoms. The molecule has 1 amide bonds. The van der Waals surface area contributed by atoms with Crippen LogP contribution in [0.3, 0.4) is 0 Å². The number of carbonyl (C=O) groups is 1. The van der Waals surface area contributed by atoms with Crippen LogP contribution in [0.5, 0.6) is 0 Å². The van der Waals surface area contributed by atoms with Gasteiger partial charge in [-0.1, -0.05) is 24.4 Å². The maximum absolute atomic E-state index is 14.9. The Bertz CT molecular complexity index is 1130. The normalized spacial score (nSPS) is 23.6. The van der Waals surface area contributed by atoms with Crippen LogP contribution in [-0.4, -0.2) is 67.9 Å². The van der Waals surface area contributed by atoms with Crippen LogP contribution >= 0.6 is 22.9 Å². The number of anilines is 2. The molecule has 2 N–H and O–H groups in total. The SMILES string of the molecule is CN1CCC[C@H]1C(=O)N(C)[C@H]1CCCC[C@@H]1Nc1cc(F)c(S(=O)(=O)Nc2nccs2)cc1Cl. The monoisotopic (exact) mass is 529 g/mol. The molecule has 12 heteroatoms. The summed E-state index contributed by atoms with van der Waals surface area (Å²) < 4.78 is 42.5. The van der Waals surface area contributed by atoms with Crippen LogP contribution in [0.4, 0.5) is 15.2 Å². The number of carbonyl (C=O) groups excluding carboxylic acids is 1. The fourth-order valence-corrected chi connectivity index (χ4v) is 7.01. The van der Waals surface area contributed by atoms with E-state index in [2.05, 4.69) is 19.9 Å². The van der Waals surface area contributed by atoms with Gasteiger partial charge in [-0.15, -0.1) is 11.3 Å². The highest BCUT2D eigenvalue weighted by molar-refractivity contribution is 7.93. The first-order valence-electron chi connectivity index (χ1n) is 11.3. The Labute approximate surface area is 208 Å². The number of hydrogen-bond acceptors (Lipinski definition) is 7. The number of aromatic nitrogens is 1. The summed E-state index contributed by atoms with van der Waals surface area (Å²) in [5.41, 5.74) is 0.308. The van der Waals surface area contributed by atoms with Gasteiger partial charge < -0.3 is 10.2 Å². The van der Waals surface area contributed by atoms with Crippen molar-refractivity contribution >= 4 is 49.7 Å². The molecule has 8 nitrogen and oxygen atoms in total. The van der Waals surface area contributed by atoms with E-state index in [9.17, 15) is 17.6 Å². The highest BCUT2D eigenvalue weighted by atomic mass is 35.5. The molecular formula is C22H29ClFN5O3S2. The van der Waals surface area contributed by atoms with Gasteiger partial charge in [-0.2, -0.15) is 0 Å². The molecule has 186 valence electrons. The Hall–Kier alpha value is -1.95. The number of benzene rings is 1. The van der Waals surface area contributed by atoms with E-state index in [0.29, 0.717) is 5.69 Å². The summed E-state index contributed by atoms with van der Waals surface area (Å²) in [6.45, 7) is 0.915. The van der Waals surface area contributed by atoms with E-state index in [4.69, 9.17) is 11.6 Å². The van der Waals surface area contributed by atoms with Gasteiger partial charge in [-0.25, -0.2) is 17.8 Å². The predicted molar refractivity (Wildman–Crippen MR) is 132 cm³/mol. The smallest absolute Gasteiger partial charge is 0.266 e. The first kappa shape index (κ1) is 25.2. The summed E-state index contributed by atoms with van der Waals surface area (Å²) in [7, 11) is -0.375. The second-order valence-corrected chi connectivity index (χ2v) is 11.8. The van der Waals surface area contributed by atoms with E-state index in [1.807, 2.05) is 19.0 Å². The van der Waals surface area contributed by atoms with Crippen LogP contribution in [0.2, 0.25) is 5.02 Å². The van der Waals surface area contributed by atoms with Gasteiger partial charge in [-0.3, -0.25) is 14.4 Å². The molecule has 3 atom stereocenters. The first-order valence-corrected chi connectivity index (χ1v) is 14.1. The van der Waals surface area contributed by atoms with Gasteiger partial charge in [0.15, 0.2) is 5.13 Å². The van der Waals surface area contributed by atoms with Gasteiger partial charge in [0, 0.05) is 24.7 Å². The topological polar surface area (TPSA) is 94.6 Å². The van der Waals surface area contributed by atoms with Crippen molar-refractivity contribution in [3.63, 3.8) is 0 Å². The number of thiazole rings is 1. The molecule has 1 aliphatic carbocycles. The number of sulfonamides is 1. The summed E-state index contributed by atoms with van der Waals surface area (Å²) in [6, 6.07) is 1.92. The molecule has 1 aromatic heterocycles. The fraction of sp³-hybridized carbons (Fsp3) is 0.545. The second kappa shape index (κ2) is 10.3. The zero-order valence-electron chi connectivity index (χ0n) is 19.1. The molecule has 4 rings (SSSR count). The third kappa shape index (κ3) is 5.32. The van der Waals surface area contributed by atoms with E-state index in [1.54, 1.807) is 5.38 Å². The molecule has 34 heavy (non-hydrogen) atoms. The van der Waals surface area contributed by atoms with Crippen LogP contribution in [0.1, 0.15) is 38.5 Å². The van der Waals surface area contributed by atoms with Crippen molar-refractivity contribution in [3.05, 3.63) is 34.5 Å². The molecule has 1 saturated carbocycles. The van der Waals surface area contributed by atoms with Crippen molar-refractivity contribution in [2.45, 2.75) is 61.5 Å². The van der Waals surface area contributed by atoms with E-state index >= 15 is 0 Å². The standard InChI is InChI=1S/C22H29ClFN5O3S2/c1-28-10-5-8-19(28)21(30)29(2)18-7-4-3-6-16(18)26-17-13-15(24)20(12-14(17)23)34(31,32)27-22-25-9-11-33-22/h9,11-13,16,18-19,26H,3-8,10H2,1-2H3,(H,25,27)/t16-,18-,19-/m0/s1. The van der Waals surface area contributed by atoms with Crippen molar-refractivity contribution < 1.29 is 17.6 Å². The Morgan fingerprint density at radius 3 is 2.71 bits per heavy atom. The third-order valence-corrected chi connectivity index (χ3v) is 9.17. The van der Waals surface area contributed by atoms with Crippen molar-refractivity contribution in [2.75, 3.05) is 30.7 Å². The highest BCUT2D eigenvalue weighted by Gasteiger charge is 2.37. The lowest BCUT2D eigenvalue weighted by molar-refractivity contribution is -0.137. The zero-order valence-corrected chi connectivity index (χ0v) is 21.5. The Balaban J connectivity index is 1.52. The number of rotatable bonds is 7. The van der Waals surface area contributed by atoms with Crippen LogP contribution in [0, 0.1) is 5.82 Å². The average Bonchev–Trinajstić information content (AvgIpc) is 3.46. The van der Waals surface area contributed by atoms with Crippen LogP contribution in [-0.2, 0) is 14.8 Å². The number of amides is 1. The summed E-state index contributed by atoms with van der Waals surface area (Å²) in [6.07, 6.45) is 6.92. The Morgan fingerprint density at radius 1 is 1.26 bits per heavy atom. The molecule has 2 heterocycles. The van der Waals surface area contributed by atoms with Gasteiger partial charge in [0.25, 0.3) is 10.0 Å². The minimum atomic E-state index is -4.18. The van der Waals surface area contributed by atoms with Crippen molar-refractivity contribution in [1.29, 1.82) is 0 Å². The molecular weight excluding hydrogens is 501 g/mol. The van der Waals surface area contributed by atoms with E-state index in [-0.39, 0.29) is 34.2 Å². The van der Waals surface area contributed by atoms with Gasteiger partial charge in [-0.05, 0) is 51.4 Å². The van der Waals surface area contributed by atoms with Crippen LogP contribution < -0.4 is 10.0 Å². The van der Waals surface area contributed by atoms with Crippen LogP contribution in [0.25, 0.3) is 0 Å². The molecule has 2 aromatic rings. The molecule has 1 saturated heterocycles. The quantitative estimate of drug-likeness (QED) is 0.563.